The summed E-state index contributed by atoms with van der Waals surface area (Å²) in [4.78, 5) is 12.9. The van der Waals surface area contributed by atoms with Crippen LogP contribution in [0.1, 0.15) is 31.7 Å². The summed E-state index contributed by atoms with van der Waals surface area (Å²) in [5, 5.41) is 12.8. The summed E-state index contributed by atoms with van der Waals surface area (Å²) in [5.41, 5.74) is 9.11. The minimum Gasteiger partial charge on any atom is -0.465 e. The first-order valence-corrected chi connectivity index (χ1v) is 10.1. The van der Waals surface area contributed by atoms with Crippen molar-refractivity contribution in [2.24, 2.45) is 0 Å². The Morgan fingerprint density at radius 2 is 2.12 bits per heavy atom. The third kappa shape index (κ3) is 3.26. The fraction of sp³-hybridized carbons (Fsp3) is 0.562. The Morgan fingerprint density at radius 1 is 1.38 bits per heavy atom. The summed E-state index contributed by atoms with van der Waals surface area (Å²) in [6, 6.07) is 3.49. The molecule has 7 nitrogen and oxygen atoms in total. The van der Waals surface area contributed by atoms with Gasteiger partial charge in [-0.15, -0.1) is 0 Å². The number of nitrogens with two attached hydrogens (primary N) is 1. The van der Waals surface area contributed by atoms with Crippen LogP contribution in [0.25, 0.3) is 0 Å². The molecule has 24 heavy (non-hydrogen) atoms. The standard InChI is InChI=1S/C16H25N3O4S/c1-10-4-5-12-14(19(10)16(20)21)7-6-13(15(12)17)18-11-3-2-8-24(22,23)9-11/h6-7,10-11,18,22-23H,2-5,8-9,17H2,1H3,(H,20,21)/t10-,11?/m0/s1. The van der Waals surface area contributed by atoms with Crippen LogP contribution in [-0.4, -0.2) is 43.9 Å². The first-order chi connectivity index (χ1) is 11.3. The average Bonchev–Trinajstić information content (AvgIpc) is 2.48. The second-order valence-corrected chi connectivity index (χ2v) is 9.07. The van der Waals surface area contributed by atoms with Crippen LogP contribution in [0.2, 0.25) is 0 Å². The lowest BCUT2D eigenvalue weighted by Gasteiger charge is -2.41. The van der Waals surface area contributed by atoms with E-state index < -0.39 is 16.7 Å². The Labute approximate surface area is 143 Å². The minimum absolute atomic E-state index is 0.0257. The maximum absolute atomic E-state index is 11.5. The number of rotatable bonds is 2. The number of carboxylic acid groups (broad SMARTS) is 1. The molecule has 1 aromatic rings. The maximum Gasteiger partial charge on any atom is 0.412 e. The van der Waals surface area contributed by atoms with Gasteiger partial charge in [-0.1, -0.05) is 0 Å². The number of nitrogens with zero attached hydrogens (tertiary/aromatic N) is 1. The minimum atomic E-state index is -2.50. The van der Waals surface area contributed by atoms with Crippen molar-refractivity contribution in [1.29, 1.82) is 0 Å². The van der Waals surface area contributed by atoms with Gasteiger partial charge in [0.2, 0.25) is 0 Å². The largest absolute Gasteiger partial charge is 0.465 e. The lowest BCUT2D eigenvalue weighted by Crippen LogP contribution is -2.41. The fourth-order valence-corrected chi connectivity index (χ4v) is 5.35. The lowest BCUT2D eigenvalue weighted by molar-refractivity contribution is 0.198. The van der Waals surface area contributed by atoms with Crippen molar-refractivity contribution < 1.29 is 19.0 Å². The van der Waals surface area contributed by atoms with Crippen LogP contribution in [0.4, 0.5) is 21.9 Å². The van der Waals surface area contributed by atoms with Crippen LogP contribution in [0.15, 0.2) is 12.1 Å². The first kappa shape index (κ1) is 17.2. The molecule has 1 unspecified atom stereocenters. The lowest BCUT2D eigenvalue weighted by atomic mass is 9.94. The van der Waals surface area contributed by atoms with Crippen molar-refractivity contribution in [2.75, 3.05) is 27.5 Å². The van der Waals surface area contributed by atoms with E-state index in [1.165, 1.54) is 4.90 Å². The summed E-state index contributed by atoms with van der Waals surface area (Å²) < 4.78 is 19.8. The van der Waals surface area contributed by atoms with Gasteiger partial charge in [-0.3, -0.25) is 14.0 Å². The van der Waals surface area contributed by atoms with Gasteiger partial charge < -0.3 is 16.2 Å². The summed E-state index contributed by atoms with van der Waals surface area (Å²) in [6.45, 7) is 1.90. The number of nitrogen functional groups attached to an aromatic ring is 1. The Kier molecular flexibility index (Phi) is 4.54. The van der Waals surface area contributed by atoms with E-state index in [0.29, 0.717) is 22.9 Å². The van der Waals surface area contributed by atoms with E-state index in [9.17, 15) is 19.0 Å². The smallest absolute Gasteiger partial charge is 0.412 e. The molecule has 1 amide bonds. The molecule has 6 N–H and O–H groups in total. The van der Waals surface area contributed by atoms with E-state index in [2.05, 4.69) is 5.32 Å². The fourth-order valence-electron chi connectivity index (χ4n) is 3.66. The van der Waals surface area contributed by atoms with Gasteiger partial charge in [-0.25, -0.2) is 4.79 Å². The highest BCUT2D eigenvalue weighted by molar-refractivity contribution is 8.24. The molecule has 134 valence electrons. The third-order valence-corrected chi connectivity index (χ3v) is 6.78. The van der Waals surface area contributed by atoms with E-state index in [4.69, 9.17) is 5.73 Å². The molecule has 0 saturated carbocycles. The van der Waals surface area contributed by atoms with Crippen LogP contribution in [0.5, 0.6) is 0 Å². The Bertz CT molecular complexity index is 652. The molecule has 2 aliphatic rings. The molecular formula is C16H25N3O4S. The normalized spacial score (nSPS) is 27.2. The Hall–Kier alpha value is -1.64. The van der Waals surface area contributed by atoms with Gasteiger partial charge in [0, 0.05) is 23.4 Å². The van der Waals surface area contributed by atoms with Crippen molar-refractivity contribution in [3.05, 3.63) is 17.7 Å². The number of hydrogen-bond donors (Lipinski definition) is 5. The summed E-state index contributed by atoms with van der Waals surface area (Å²) in [5.74, 6) is 0.804. The van der Waals surface area contributed by atoms with Crippen molar-refractivity contribution >= 4 is 33.7 Å². The van der Waals surface area contributed by atoms with Crippen molar-refractivity contribution in [3.63, 3.8) is 0 Å². The molecule has 2 heterocycles. The highest BCUT2D eigenvalue weighted by atomic mass is 32.3. The molecule has 0 spiro atoms. The highest BCUT2D eigenvalue weighted by Crippen LogP contribution is 2.45. The molecule has 2 aliphatic heterocycles. The third-order valence-electron chi connectivity index (χ3n) is 4.90. The second kappa shape index (κ2) is 6.34. The zero-order valence-electron chi connectivity index (χ0n) is 13.7. The number of hydrogen-bond acceptors (Lipinski definition) is 5. The van der Waals surface area contributed by atoms with Crippen LogP contribution in [0.3, 0.4) is 0 Å². The first-order valence-electron chi connectivity index (χ1n) is 8.22. The molecule has 1 fully saturated rings. The van der Waals surface area contributed by atoms with Crippen molar-refractivity contribution in [2.45, 2.75) is 44.7 Å². The molecule has 0 radical (unpaired) electrons. The van der Waals surface area contributed by atoms with Gasteiger partial charge in [0.05, 0.1) is 22.8 Å². The molecule has 8 heteroatoms. The van der Waals surface area contributed by atoms with Gasteiger partial charge in [0.15, 0.2) is 0 Å². The maximum atomic E-state index is 11.5. The van der Waals surface area contributed by atoms with E-state index in [1.54, 1.807) is 12.1 Å². The second-order valence-electron chi connectivity index (χ2n) is 6.72. The molecule has 0 bridgehead atoms. The molecule has 0 aliphatic carbocycles. The summed E-state index contributed by atoms with van der Waals surface area (Å²) >= 11 is 0. The molecule has 1 aromatic carbocycles. The van der Waals surface area contributed by atoms with Crippen LogP contribution >= 0.6 is 10.6 Å². The van der Waals surface area contributed by atoms with Crippen molar-refractivity contribution in [3.8, 4) is 0 Å². The molecular weight excluding hydrogens is 330 g/mol. The van der Waals surface area contributed by atoms with Crippen molar-refractivity contribution in [1.82, 2.24) is 0 Å². The van der Waals surface area contributed by atoms with Gasteiger partial charge in [-0.05, 0) is 44.7 Å². The van der Waals surface area contributed by atoms with E-state index in [1.807, 2.05) is 6.92 Å². The molecule has 1 saturated heterocycles. The predicted octanol–water partition coefficient (Wildman–Crippen LogP) is 3.41. The van der Waals surface area contributed by atoms with Crippen LogP contribution in [0, 0.1) is 0 Å². The van der Waals surface area contributed by atoms with Crippen LogP contribution in [-0.2, 0) is 6.42 Å². The Balaban J connectivity index is 1.86. The van der Waals surface area contributed by atoms with Gasteiger partial charge >= 0.3 is 6.09 Å². The monoisotopic (exact) mass is 355 g/mol. The number of benzene rings is 1. The zero-order valence-corrected chi connectivity index (χ0v) is 14.6. The number of fused-ring (bicyclic) bond motifs is 1. The Morgan fingerprint density at radius 3 is 2.79 bits per heavy atom. The molecule has 2 atom stereocenters. The van der Waals surface area contributed by atoms with Gasteiger partial charge in [-0.2, -0.15) is 10.6 Å². The average molecular weight is 355 g/mol. The van der Waals surface area contributed by atoms with Crippen LogP contribution < -0.4 is 16.0 Å². The van der Waals surface area contributed by atoms with E-state index in [0.717, 1.165) is 36.9 Å². The van der Waals surface area contributed by atoms with Gasteiger partial charge in [0.1, 0.15) is 0 Å². The number of amides is 1. The number of nitrogens with one attached hydrogen (secondary N) is 1. The number of anilines is 3. The molecule has 3 rings (SSSR count). The highest BCUT2D eigenvalue weighted by Gasteiger charge is 2.31. The summed E-state index contributed by atoms with van der Waals surface area (Å²) in [7, 11) is -2.50. The van der Waals surface area contributed by atoms with E-state index >= 15 is 0 Å². The topological polar surface area (TPSA) is 119 Å². The quantitative estimate of drug-likeness (QED) is 0.519. The van der Waals surface area contributed by atoms with E-state index in [-0.39, 0.29) is 12.1 Å². The van der Waals surface area contributed by atoms with Gasteiger partial charge in [0.25, 0.3) is 0 Å². The molecule has 0 aromatic heterocycles. The SMILES string of the molecule is C[C@H]1CCc2c(ccc(NC3CCCS(O)(O)C3)c2N)N1C(=O)O. The number of carbonyl (C=O) groups is 1. The summed E-state index contributed by atoms with van der Waals surface area (Å²) in [6.07, 6.45) is 2.14. The zero-order chi connectivity index (χ0) is 17.5. The predicted molar refractivity (Wildman–Crippen MR) is 98.4 cm³/mol.